The zero-order valence-electron chi connectivity index (χ0n) is 10.4. The van der Waals surface area contributed by atoms with Crippen LogP contribution in [-0.2, 0) is 0 Å². The summed E-state index contributed by atoms with van der Waals surface area (Å²) in [5.74, 6) is 1.07. The van der Waals surface area contributed by atoms with Crippen molar-refractivity contribution in [3.8, 4) is 22.9 Å². The van der Waals surface area contributed by atoms with E-state index in [-0.39, 0.29) is 0 Å². The summed E-state index contributed by atoms with van der Waals surface area (Å²) in [5.41, 5.74) is 2.47. The van der Waals surface area contributed by atoms with E-state index in [1.165, 1.54) is 0 Å². The van der Waals surface area contributed by atoms with Gasteiger partial charge in [-0.15, -0.1) is 0 Å². The molecule has 3 rings (SSSR count). The molecule has 0 aliphatic heterocycles. The average molecular weight is 249 g/mol. The number of nitrogens with zero attached hydrogens (tertiary/aromatic N) is 1. The minimum absolute atomic E-state index is 0.328. The Labute approximate surface area is 110 Å². The van der Waals surface area contributed by atoms with E-state index in [1.54, 1.807) is 7.11 Å². The molecule has 0 unspecified atom stereocenters. The lowest BCUT2D eigenvalue weighted by molar-refractivity contribution is 0.415. The van der Waals surface area contributed by atoms with Crippen LogP contribution in [0.3, 0.4) is 0 Å². The Morgan fingerprint density at radius 2 is 1.89 bits per heavy atom. The van der Waals surface area contributed by atoms with Crippen LogP contribution in [0.25, 0.3) is 22.1 Å². The molecule has 0 spiro atoms. The Hall–Kier alpha value is -2.73. The largest absolute Gasteiger partial charge is 0.497 e. The Kier molecular flexibility index (Phi) is 2.70. The number of ether oxygens (including phenoxy) is 1. The van der Waals surface area contributed by atoms with Gasteiger partial charge in [0.05, 0.1) is 7.11 Å². The van der Waals surface area contributed by atoms with Crippen molar-refractivity contribution in [3.63, 3.8) is 0 Å². The highest BCUT2D eigenvalue weighted by Gasteiger charge is 2.16. The van der Waals surface area contributed by atoms with E-state index in [2.05, 4.69) is 6.07 Å². The lowest BCUT2D eigenvalue weighted by atomic mass is 10.0. The summed E-state index contributed by atoms with van der Waals surface area (Å²) < 4.78 is 10.8. The summed E-state index contributed by atoms with van der Waals surface area (Å²) >= 11 is 0. The Morgan fingerprint density at radius 1 is 1.11 bits per heavy atom. The van der Waals surface area contributed by atoms with Crippen LogP contribution in [0.1, 0.15) is 5.76 Å². The predicted octanol–water partition coefficient (Wildman–Crippen LogP) is 3.98. The first-order valence-corrected chi connectivity index (χ1v) is 5.89. The second kappa shape index (κ2) is 4.51. The molecule has 1 aromatic heterocycles. The molecule has 0 amide bonds. The molecule has 0 N–H and O–H groups in total. The fraction of sp³-hybridized carbons (Fsp3) is 0.0625. The highest BCUT2D eigenvalue weighted by Crippen LogP contribution is 2.36. The van der Waals surface area contributed by atoms with Crippen molar-refractivity contribution in [1.82, 2.24) is 0 Å². The van der Waals surface area contributed by atoms with Gasteiger partial charge in [0.1, 0.15) is 17.4 Å². The number of benzene rings is 2. The maximum absolute atomic E-state index is 9.23. The van der Waals surface area contributed by atoms with Gasteiger partial charge in [-0.1, -0.05) is 30.3 Å². The monoisotopic (exact) mass is 249 g/mol. The zero-order valence-corrected chi connectivity index (χ0v) is 10.4. The van der Waals surface area contributed by atoms with Gasteiger partial charge in [0.25, 0.3) is 0 Å². The molecule has 0 fully saturated rings. The van der Waals surface area contributed by atoms with E-state index >= 15 is 0 Å². The van der Waals surface area contributed by atoms with Crippen molar-refractivity contribution in [1.29, 1.82) is 5.26 Å². The Balaban J connectivity index is 2.35. The molecule has 0 saturated heterocycles. The highest BCUT2D eigenvalue weighted by atomic mass is 16.5. The minimum Gasteiger partial charge on any atom is -0.497 e. The van der Waals surface area contributed by atoms with E-state index < -0.39 is 0 Å². The zero-order chi connectivity index (χ0) is 13.2. The van der Waals surface area contributed by atoms with Gasteiger partial charge in [0, 0.05) is 10.9 Å². The topological polar surface area (TPSA) is 46.2 Å². The number of furan rings is 1. The highest BCUT2D eigenvalue weighted by molar-refractivity contribution is 5.97. The minimum atomic E-state index is 0.328. The van der Waals surface area contributed by atoms with E-state index in [0.717, 1.165) is 22.3 Å². The van der Waals surface area contributed by atoms with Crippen molar-refractivity contribution in [2.45, 2.75) is 0 Å². The summed E-state index contributed by atoms with van der Waals surface area (Å²) in [4.78, 5) is 0. The van der Waals surface area contributed by atoms with Crippen LogP contribution in [0.4, 0.5) is 0 Å². The molecule has 3 nitrogen and oxygen atoms in total. The van der Waals surface area contributed by atoms with Gasteiger partial charge in [0.15, 0.2) is 0 Å². The van der Waals surface area contributed by atoms with Crippen LogP contribution >= 0.6 is 0 Å². The fourth-order valence-corrected chi connectivity index (χ4v) is 2.17. The number of nitriles is 1. The smallest absolute Gasteiger partial charge is 0.212 e. The molecule has 19 heavy (non-hydrogen) atoms. The van der Waals surface area contributed by atoms with E-state index in [1.807, 2.05) is 48.5 Å². The quantitative estimate of drug-likeness (QED) is 0.690. The molecule has 0 saturated carbocycles. The van der Waals surface area contributed by atoms with Crippen LogP contribution in [-0.4, -0.2) is 7.11 Å². The third kappa shape index (κ3) is 1.84. The van der Waals surface area contributed by atoms with Crippen LogP contribution in [0.2, 0.25) is 0 Å². The van der Waals surface area contributed by atoms with Crippen LogP contribution in [0.15, 0.2) is 52.9 Å². The summed E-state index contributed by atoms with van der Waals surface area (Å²) in [5, 5.41) is 10.1. The van der Waals surface area contributed by atoms with Crippen molar-refractivity contribution >= 4 is 11.0 Å². The van der Waals surface area contributed by atoms with Crippen molar-refractivity contribution in [2.75, 3.05) is 7.11 Å². The van der Waals surface area contributed by atoms with E-state index in [4.69, 9.17) is 9.15 Å². The molecule has 92 valence electrons. The van der Waals surface area contributed by atoms with Gasteiger partial charge in [-0.2, -0.15) is 5.26 Å². The predicted molar refractivity (Wildman–Crippen MR) is 72.9 cm³/mol. The van der Waals surface area contributed by atoms with E-state index in [9.17, 15) is 5.26 Å². The number of rotatable bonds is 2. The van der Waals surface area contributed by atoms with Crippen LogP contribution in [0, 0.1) is 11.3 Å². The van der Waals surface area contributed by atoms with Gasteiger partial charge in [-0.3, -0.25) is 0 Å². The SMILES string of the molecule is COc1ccc2oc(C#N)c(-c3ccccc3)c2c1. The van der Waals surface area contributed by atoms with Gasteiger partial charge >= 0.3 is 0 Å². The summed E-state index contributed by atoms with van der Waals surface area (Å²) in [7, 11) is 1.62. The first kappa shape index (κ1) is 11.4. The van der Waals surface area contributed by atoms with Gasteiger partial charge in [0.2, 0.25) is 5.76 Å². The Bertz CT molecular complexity index is 767. The summed E-state index contributed by atoms with van der Waals surface area (Å²) in [6.45, 7) is 0. The molecule has 1 heterocycles. The number of hydrogen-bond donors (Lipinski definition) is 0. The first-order valence-electron chi connectivity index (χ1n) is 5.89. The third-order valence-corrected chi connectivity index (χ3v) is 3.06. The molecule has 0 aliphatic carbocycles. The maximum Gasteiger partial charge on any atom is 0.212 e. The van der Waals surface area contributed by atoms with Gasteiger partial charge < -0.3 is 9.15 Å². The summed E-state index contributed by atoms with van der Waals surface area (Å²) in [6, 6.07) is 17.4. The summed E-state index contributed by atoms with van der Waals surface area (Å²) in [6.07, 6.45) is 0. The number of methoxy groups -OCH3 is 1. The van der Waals surface area contributed by atoms with Crippen molar-refractivity contribution in [3.05, 3.63) is 54.3 Å². The number of hydrogen-bond acceptors (Lipinski definition) is 3. The Morgan fingerprint density at radius 3 is 2.58 bits per heavy atom. The molecule has 0 atom stereocenters. The van der Waals surface area contributed by atoms with Crippen LogP contribution in [0.5, 0.6) is 5.75 Å². The van der Waals surface area contributed by atoms with Gasteiger partial charge in [-0.05, 0) is 23.8 Å². The van der Waals surface area contributed by atoms with Crippen molar-refractivity contribution < 1.29 is 9.15 Å². The van der Waals surface area contributed by atoms with E-state index in [0.29, 0.717) is 11.3 Å². The molecule has 2 aromatic carbocycles. The molecule has 3 aromatic rings. The lowest BCUT2D eigenvalue weighted by Crippen LogP contribution is -1.82. The molecule has 0 radical (unpaired) electrons. The molecule has 0 aliphatic rings. The van der Waals surface area contributed by atoms with Gasteiger partial charge in [-0.25, -0.2) is 0 Å². The average Bonchev–Trinajstić information content (AvgIpc) is 2.85. The normalized spacial score (nSPS) is 10.3. The molecule has 0 bridgehead atoms. The molecule has 3 heteroatoms. The number of fused-ring (bicyclic) bond motifs is 1. The molecular formula is C16H11NO2. The third-order valence-electron chi connectivity index (χ3n) is 3.06. The van der Waals surface area contributed by atoms with Crippen LogP contribution < -0.4 is 4.74 Å². The van der Waals surface area contributed by atoms with Crippen molar-refractivity contribution in [2.24, 2.45) is 0 Å². The second-order valence-electron chi connectivity index (χ2n) is 4.15. The lowest BCUT2D eigenvalue weighted by Gasteiger charge is -2.01. The first-order chi connectivity index (χ1) is 9.33. The maximum atomic E-state index is 9.23. The fourth-order valence-electron chi connectivity index (χ4n) is 2.17. The standard InChI is InChI=1S/C16H11NO2/c1-18-12-7-8-14-13(9-12)16(15(10-17)19-14)11-5-3-2-4-6-11/h2-9H,1H3. The second-order valence-corrected chi connectivity index (χ2v) is 4.15. The molecular weight excluding hydrogens is 238 g/mol.